The number of aromatic nitrogens is 5. The monoisotopic (exact) mass is 517 g/mol. The van der Waals surface area contributed by atoms with Crippen molar-refractivity contribution in [2.75, 3.05) is 19.6 Å². The van der Waals surface area contributed by atoms with Gasteiger partial charge < -0.3 is 9.88 Å². The number of pyridine rings is 1. The van der Waals surface area contributed by atoms with Crippen molar-refractivity contribution in [2.45, 2.75) is 58.7 Å². The van der Waals surface area contributed by atoms with Crippen molar-refractivity contribution in [1.82, 2.24) is 34.7 Å². The second-order valence-electron chi connectivity index (χ2n) is 10.9. The van der Waals surface area contributed by atoms with Gasteiger partial charge in [0.25, 0.3) is 0 Å². The van der Waals surface area contributed by atoms with E-state index in [1.165, 1.54) is 25.1 Å². The van der Waals surface area contributed by atoms with Gasteiger partial charge in [0.2, 0.25) is 0 Å². The average molecular weight is 518 g/mol. The largest absolute Gasteiger partial charge is 0.326 e. The molecule has 2 saturated heterocycles. The van der Waals surface area contributed by atoms with E-state index in [0.29, 0.717) is 46.1 Å². The SMILES string of the molecule is Cc1nc2c(F)cc(-c3cc(Cc4ncc(CN5CCCC6CNCC65)cn4)ncc3F)cc2n1C(C)C. The highest BCUT2D eigenvalue weighted by molar-refractivity contribution is 5.83. The maximum absolute atomic E-state index is 15.0. The Morgan fingerprint density at radius 1 is 1.03 bits per heavy atom. The molecule has 6 rings (SSSR count). The zero-order chi connectivity index (χ0) is 26.4. The molecular formula is C29H33F2N7. The van der Waals surface area contributed by atoms with Crippen molar-refractivity contribution in [3.63, 3.8) is 0 Å². The lowest BCUT2D eigenvalue weighted by Crippen LogP contribution is -2.44. The van der Waals surface area contributed by atoms with E-state index >= 15 is 4.39 Å². The molecule has 2 aliphatic heterocycles. The molecular weight excluding hydrogens is 484 g/mol. The quantitative estimate of drug-likeness (QED) is 0.395. The summed E-state index contributed by atoms with van der Waals surface area (Å²) in [5, 5.41) is 3.53. The number of piperidine rings is 1. The highest BCUT2D eigenvalue weighted by Crippen LogP contribution is 2.31. The highest BCUT2D eigenvalue weighted by Gasteiger charge is 2.34. The third kappa shape index (κ3) is 4.69. The predicted molar refractivity (Wildman–Crippen MR) is 143 cm³/mol. The molecule has 7 nitrogen and oxygen atoms in total. The fourth-order valence-electron chi connectivity index (χ4n) is 6.19. The number of nitrogens with zero attached hydrogens (tertiary/aromatic N) is 6. The van der Waals surface area contributed by atoms with Gasteiger partial charge in [0, 0.05) is 54.4 Å². The van der Waals surface area contributed by atoms with Gasteiger partial charge in [-0.15, -0.1) is 0 Å². The van der Waals surface area contributed by atoms with Crippen LogP contribution in [0.3, 0.4) is 0 Å². The number of hydrogen-bond donors (Lipinski definition) is 1. The number of likely N-dealkylation sites (tertiary alicyclic amines) is 1. The number of benzene rings is 1. The Labute approximate surface area is 221 Å². The topological polar surface area (TPSA) is 71.8 Å². The molecule has 38 heavy (non-hydrogen) atoms. The first kappa shape index (κ1) is 25.0. The van der Waals surface area contributed by atoms with Crippen LogP contribution in [0.25, 0.3) is 22.2 Å². The van der Waals surface area contributed by atoms with E-state index in [-0.39, 0.29) is 6.04 Å². The molecule has 3 aromatic heterocycles. The first-order chi connectivity index (χ1) is 18.4. The second kappa shape index (κ2) is 10.1. The van der Waals surface area contributed by atoms with Gasteiger partial charge >= 0.3 is 0 Å². The Bertz CT molecular complexity index is 1460. The summed E-state index contributed by atoms with van der Waals surface area (Å²) in [6, 6.07) is 5.50. The van der Waals surface area contributed by atoms with Gasteiger partial charge in [-0.05, 0) is 76.4 Å². The molecule has 2 atom stereocenters. The molecule has 2 aliphatic rings. The lowest BCUT2D eigenvalue weighted by molar-refractivity contribution is 0.117. The van der Waals surface area contributed by atoms with Crippen LogP contribution >= 0.6 is 0 Å². The summed E-state index contributed by atoms with van der Waals surface area (Å²) in [5.41, 5.74) is 3.42. The molecule has 2 fully saturated rings. The van der Waals surface area contributed by atoms with Crippen LogP contribution in [-0.4, -0.2) is 55.1 Å². The zero-order valence-electron chi connectivity index (χ0n) is 22.1. The molecule has 0 amide bonds. The standard InChI is InChI=1S/C29H33F2N7/c1-17(2)38-18(3)36-29-24(30)7-21(8-26(29)38)23-9-22(33-14-25(23)31)10-28-34-11-19(12-35-28)16-37-6-4-5-20-13-32-15-27(20)37/h7-9,11-12,14,17,20,27,32H,4-6,10,13,15-16H2,1-3H3. The van der Waals surface area contributed by atoms with Gasteiger partial charge in [-0.1, -0.05) is 0 Å². The van der Waals surface area contributed by atoms with Crippen molar-refractivity contribution in [2.24, 2.45) is 5.92 Å². The normalized spacial score (nSPS) is 19.9. The zero-order valence-corrected chi connectivity index (χ0v) is 22.1. The summed E-state index contributed by atoms with van der Waals surface area (Å²) in [5.74, 6) is 1.12. The molecule has 5 heterocycles. The summed E-state index contributed by atoms with van der Waals surface area (Å²) >= 11 is 0. The Morgan fingerprint density at radius 2 is 1.84 bits per heavy atom. The number of halogens is 2. The smallest absolute Gasteiger partial charge is 0.151 e. The van der Waals surface area contributed by atoms with Crippen molar-refractivity contribution < 1.29 is 8.78 Å². The lowest BCUT2D eigenvalue weighted by Gasteiger charge is -2.36. The summed E-state index contributed by atoms with van der Waals surface area (Å²) < 4.78 is 31.9. The molecule has 1 aromatic carbocycles. The van der Waals surface area contributed by atoms with Crippen LogP contribution in [0.1, 0.15) is 55.6 Å². The number of hydrogen-bond acceptors (Lipinski definition) is 6. The van der Waals surface area contributed by atoms with Gasteiger partial charge in [0.1, 0.15) is 23.0 Å². The highest BCUT2D eigenvalue weighted by atomic mass is 19.1. The van der Waals surface area contributed by atoms with Crippen LogP contribution in [-0.2, 0) is 13.0 Å². The van der Waals surface area contributed by atoms with Crippen LogP contribution in [0.4, 0.5) is 8.78 Å². The van der Waals surface area contributed by atoms with Crippen LogP contribution in [0.15, 0.2) is 36.8 Å². The van der Waals surface area contributed by atoms with Crippen LogP contribution in [0.5, 0.6) is 0 Å². The second-order valence-corrected chi connectivity index (χ2v) is 10.9. The van der Waals surface area contributed by atoms with E-state index in [1.54, 1.807) is 12.1 Å². The molecule has 2 unspecified atom stereocenters. The van der Waals surface area contributed by atoms with E-state index in [2.05, 4.69) is 30.2 Å². The minimum atomic E-state index is -0.502. The summed E-state index contributed by atoms with van der Waals surface area (Å²) in [6.45, 7) is 10.0. The molecule has 0 bridgehead atoms. The average Bonchev–Trinajstić information content (AvgIpc) is 3.51. The van der Waals surface area contributed by atoms with Gasteiger partial charge in [-0.25, -0.2) is 23.7 Å². The summed E-state index contributed by atoms with van der Waals surface area (Å²) in [7, 11) is 0. The number of nitrogens with one attached hydrogen (secondary N) is 1. The fourth-order valence-corrected chi connectivity index (χ4v) is 6.19. The molecule has 198 valence electrons. The maximum atomic E-state index is 15.0. The van der Waals surface area contributed by atoms with E-state index in [9.17, 15) is 4.39 Å². The first-order valence-corrected chi connectivity index (χ1v) is 13.4. The Hall–Kier alpha value is -3.30. The molecule has 4 aromatic rings. The van der Waals surface area contributed by atoms with Crippen molar-refractivity contribution in [3.8, 4) is 11.1 Å². The van der Waals surface area contributed by atoms with Crippen LogP contribution in [0.2, 0.25) is 0 Å². The van der Waals surface area contributed by atoms with E-state index < -0.39 is 11.6 Å². The van der Waals surface area contributed by atoms with Crippen molar-refractivity contribution >= 4 is 11.0 Å². The Balaban J connectivity index is 1.22. The molecule has 0 saturated carbocycles. The van der Waals surface area contributed by atoms with Crippen LogP contribution < -0.4 is 5.32 Å². The van der Waals surface area contributed by atoms with Gasteiger partial charge in [-0.3, -0.25) is 9.88 Å². The number of imidazole rings is 1. The van der Waals surface area contributed by atoms with Crippen LogP contribution in [0, 0.1) is 24.5 Å². The summed E-state index contributed by atoms with van der Waals surface area (Å²) in [4.78, 5) is 20.4. The molecule has 0 spiro atoms. The van der Waals surface area contributed by atoms with Gasteiger partial charge in [0.15, 0.2) is 5.82 Å². The Kier molecular flexibility index (Phi) is 6.65. The van der Waals surface area contributed by atoms with Gasteiger partial charge in [0.05, 0.1) is 18.1 Å². The number of aryl methyl sites for hydroxylation is 1. The lowest BCUT2D eigenvalue weighted by atomic mass is 9.92. The number of rotatable bonds is 6. The Morgan fingerprint density at radius 3 is 2.63 bits per heavy atom. The molecule has 9 heteroatoms. The van der Waals surface area contributed by atoms with Gasteiger partial charge in [-0.2, -0.15) is 0 Å². The molecule has 1 N–H and O–H groups in total. The fraction of sp³-hybridized carbons (Fsp3) is 0.448. The van der Waals surface area contributed by atoms with Crippen molar-refractivity contribution in [3.05, 3.63) is 71.3 Å². The molecule has 0 radical (unpaired) electrons. The number of fused-ring (bicyclic) bond motifs is 2. The minimum absolute atomic E-state index is 0.0961. The van der Waals surface area contributed by atoms with E-state index in [0.717, 1.165) is 43.5 Å². The minimum Gasteiger partial charge on any atom is -0.326 e. The van der Waals surface area contributed by atoms with E-state index in [1.807, 2.05) is 37.7 Å². The third-order valence-electron chi connectivity index (χ3n) is 7.94. The van der Waals surface area contributed by atoms with Crippen molar-refractivity contribution in [1.29, 1.82) is 0 Å². The summed E-state index contributed by atoms with van der Waals surface area (Å²) in [6.07, 6.45) is 7.86. The molecule has 0 aliphatic carbocycles. The van der Waals surface area contributed by atoms with E-state index in [4.69, 9.17) is 0 Å². The first-order valence-electron chi connectivity index (χ1n) is 13.4. The predicted octanol–water partition coefficient (Wildman–Crippen LogP) is 4.83. The maximum Gasteiger partial charge on any atom is 0.151 e. The third-order valence-corrected chi connectivity index (χ3v) is 7.94.